The van der Waals surface area contributed by atoms with E-state index in [2.05, 4.69) is 69.3 Å². The Morgan fingerprint density at radius 1 is 1.29 bits per heavy atom. The Kier molecular flexibility index (Phi) is 6.06. The molecule has 1 saturated heterocycles. The quantitative estimate of drug-likeness (QED) is 0.535. The number of nitrogens with one attached hydrogen (secondary N) is 2. The van der Waals surface area contributed by atoms with Crippen molar-refractivity contribution in [1.82, 2.24) is 10.6 Å². The molecule has 156 valence electrons. The summed E-state index contributed by atoms with van der Waals surface area (Å²) < 4.78 is 5.89. The van der Waals surface area contributed by atoms with Crippen LogP contribution in [0.2, 0.25) is 0 Å². The molecule has 4 atom stereocenters. The molecule has 2 aliphatic rings. The number of rotatable bonds is 5. The number of ether oxygens (including phenoxy) is 1. The van der Waals surface area contributed by atoms with E-state index in [0.717, 1.165) is 31.1 Å². The first-order chi connectivity index (χ1) is 13.1. The third-order valence-electron chi connectivity index (χ3n) is 6.32. The van der Waals surface area contributed by atoms with E-state index in [-0.39, 0.29) is 10.8 Å². The van der Waals surface area contributed by atoms with E-state index >= 15 is 0 Å². The van der Waals surface area contributed by atoms with Crippen LogP contribution in [0.1, 0.15) is 65.2 Å². The van der Waals surface area contributed by atoms with Gasteiger partial charge in [-0.3, -0.25) is 4.99 Å². The van der Waals surface area contributed by atoms with E-state index in [0.29, 0.717) is 24.6 Å². The molecule has 0 aromatic heterocycles. The van der Waals surface area contributed by atoms with Crippen molar-refractivity contribution in [1.29, 1.82) is 0 Å². The lowest BCUT2D eigenvalue weighted by molar-refractivity contribution is -0.106. The summed E-state index contributed by atoms with van der Waals surface area (Å²) in [7, 11) is 0. The van der Waals surface area contributed by atoms with Crippen molar-refractivity contribution in [3.63, 3.8) is 0 Å². The number of nitrogens with zero attached hydrogens (tertiary/aromatic N) is 1. The van der Waals surface area contributed by atoms with Crippen LogP contribution in [0.5, 0.6) is 0 Å². The maximum absolute atomic E-state index is 10.6. The predicted molar refractivity (Wildman–Crippen MR) is 115 cm³/mol. The second-order valence-corrected chi connectivity index (χ2v) is 9.79. The zero-order valence-electron chi connectivity index (χ0n) is 18.2. The van der Waals surface area contributed by atoms with Gasteiger partial charge in [-0.15, -0.1) is 0 Å². The van der Waals surface area contributed by atoms with Gasteiger partial charge in [-0.2, -0.15) is 0 Å². The molecule has 1 aromatic carbocycles. The fourth-order valence-electron chi connectivity index (χ4n) is 4.57. The molecular formula is C23H37N3O2. The van der Waals surface area contributed by atoms with Gasteiger partial charge in [0.2, 0.25) is 0 Å². The maximum atomic E-state index is 10.6. The number of aliphatic imine (C=N–C) groups is 1. The average Bonchev–Trinajstić information content (AvgIpc) is 3.10. The number of aliphatic hydroxyl groups is 1. The van der Waals surface area contributed by atoms with Crippen molar-refractivity contribution in [2.24, 2.45) is 16.3 Å². The molecular weight excluding hydrogens is 350 g/mol. The minimum atomic E-state index is -0.610. The zero-order valence-corrected chi connectivity index (χ0v) is 18.2. The molecule has 2 fully saturated rings. The standard InChI is InChI=1S/C23H37N3O2/c1-7-24-21(26-19-17-12-13-28-20(17)23(19,5)6)25-14-18(27)15-8-10-16(11-9-15)22(2,3)4/h8-11,17-20,27H,7,12-14H2,1-6H3,(H2,24,25,26). The van der Waals surface area contributed by atoms with Crippen molar-refractivity contribution in [3.8, 4) is 0 Å². The van der Waals surface area contributed by atoms with Gasteiger partial charge in [-0.05, 0) is 29.9 Å². The van der Waals surface area contributed by atoms with E-state index in [4.69, 9.17) is 4.74 Å². The van der Waals surface area contributed by atoms with E-state index in [1.807, 2.05) is 12.1 Å². The summed E-state index contributed by atoms with van der Waals surface area (Å²) in [6.45, 7) is 15.1. The van der Waals surface area contributed by atoms with E-state index in [9.17, 15) is 5.11 Å². The monoisotopic (exact) mass is 387 g/mol. The third-order valence-corrected chi connectivity index (χ3v) is 6.32. The van der Waals surface area contributed by atoms with Crippen LogP contribution in [0, 0.1) is 11.3 Å². The Labute approximate surface area is 170 Å². The van der Waals surface area contributed by atoms with Crippen molar-refractivity contribution in [2.75, 3.05) is 19.7 Å². The Hall–Kier alpha value is -1.59. The van der Waals surface area contributed by atoms with E-state index in [1.165, 1.54) is 5.56 Å². The van der Waals surface area contributed by atoms with Gasteiger partial charge in [-0.1, -0.05) is 58.9 Å². The molecule has 28 heavy (non-hydrogen) atoms. The van der Waals surface area contributed by atoms with Crippen LogP contribution in [-0.4, -0.2) is 42.9 Å². The number of guanidine groups is 1. The molecule has 1 aliphatic carbocycles. The Balaban J connectivity index is 1.64. The van der Waals surface area contributed by atoms with Gasteiger partial charge in [0.05, 0.1) is 18.8 Å². The number of hydrogen-bond acceptors (Lipinski definition) is 3. The van der Waals surface area contributed by atoms with Gasteiger partial charge in [0.25, 0.3) is 0 Å². The van der Waals surface area contributed by atoms with Crippen molar-refractivity contribution in [3.05, 3.63) is 35.4 Å². The summed E-state index contributed by atoms with van der Waals surface area (Å²) in [6.07, 6.45) is 0.842. The van der Waals surface area contributed by atoms with Gasteiger partial charge < -0.3 is 20.5 Å². The largest absolute Gasteiger partial charge is 0.386 e. The van der Waals surface area contributed by atoms with Crippen molar-refractivity contribution >= 4 is 5.96 Å². The second kappa shape index (κ2) is 8.03. The molecule has 1 aliphatic heterocycles. The SMILES string of the molecule is CCNC(=NCC(O)c1ccc(C(C)(C)C)cc1)NC1C2CCOC2C1(C)C. The first-order valence-electron chi connectivity index (χ1n) is 10.6. The highest BCUT2D eigenvalue weighted by molar-refractivity contribution is 5.80. The summed E-state index contributed by atoms with van der Waals surface area (Å²) in [4.78, 5) is 4.67. The maximum Gasteiger partial charge on any atom is 0.191 e. The molecule has 1 aromatic rings. The number of aliphatic hydroxyl groups excluding tert-OH is 1. The smallest absolute Gasteiger partial charge is 0.191 e. The van der Waals surface area contributed by atoms with Crippen molar-refractivity contribution < 1.29 is 9.84 Å². The minimum absolute atomic E-state index is 0.0960. The fraction of sp³-hybridized carbons (Fsp3) is 0.696. The topological polar surface area (TPSA) is 65.9 Å². The first kappa shape index (κ1) is 21.1. The van der Waals surface area contributed by atoms with Gasteiger partial charge in [0, 0.05) is 30.5 Å². The molecule has 1 saturated carbocycles. The summed E-state index contributed by atoms with van der Waals surface area (Å²) in [5.74, 6) is 1.32. The van der Waals surface area contributed by atoms with Crippen LogP contribution < -0.4 is 10.6 Å². The molecule has 3 rings (SSSR count). The Morgan fingerprint density at radius 2 is 1.96 bits per heavy atom. The molecule has 4 unspecified atom stereocenters. The fourth-order valence-corrected chi connectivity index (χ4v) is 4.57. The van der Waals surface area contributed by atoms with Crippen LogP contribution in [0.15, 0.2) is 29.3 Å². The number of fused-ring (bicyclic) bond motifs is 1. The lowest BCUT2D eigenvalue weighted by Gasteiger charge is -2.54. The molecule has 0 spiro atoms. The Morgan fingerprint density at radius 3 is 2.57 bits per heavy atom. The van der Waals surface area contributed by atoms with Crippen LogP contribution >= 0.6 is 0 Å². The van der Waals surface area contributed by atoms with Gasteiger partial charge in [0.1, 0.15) is 0 Å². The average molecular weight is 388 g/mol. The normalized spacial score (nSPS) is 27.7. The van der Waals surface area contributed by atoms with E-state index < -0.39 is 6.10 Å². The highest BCUT2D eigenvalue weighted by Crippen LogP contribution is 2.52. The van der Waals surface area contributed by atoms with Gasteiger partial charge >= 0.3 is 0 Å². The summed E-state index contributed by atoms with van der Waals surface area (Å²) in [5, 5.41) is 17.5. The molecule has 3 N–H and O–H groups in total. The highest BCUT2D eigenvalue weighted by Gasteiger charge is 2.59. The second-order valence-electron chi connectivity index (χ2n) is 9.79. The first-order valence-corrected chi connectivity index (χ1v) is 10.6. The van der Waals surface area contributed by atoms with Crippen LogP contribution in [0.4, 0.5) is 0 Å². The van der Waals surface area contributed by atoms with E-state index in [1.54, 1.807) is 0 Å². The summed E-state index contributed by atoms with van der Waals surface area (Å²) in [6, 6.07) is 8.57. The molecule has 0 amide bonds. The Bertz CT molecular complexity index is 691. The number of hydrogen-bond donors (Lipinski definition) is 3. The third kappa shape index (κ3) is 4.20. The van der Waals surface area contributed by atoms with Crippen molar-refractivity contribution in [2.45, 2.75) is 71.6 Å². The lowest BCUT2D eigenvalue weighted by atomic mass is 9.57. The van der Waals surface area contributed by atoms with Crippen LogP contribution in [-0.2, 0) is 10.2 Å². The van der Waals surface area contributed by atoms with Gasteiger partial charge in [0.15, 0.2) is 5.96 Å². The lowest BCUT2D eigenvalue weighted by Crippen LogP contribution is -2.68. The summed E-state index contributed by atoms with van der Waals surface area (Å²) >= 11 is 0. The summed E-state index contributed by atoms with van der Waals surface area (Å²) in [5.41, 5.74) is 2.38. The van der Waals surface area contributed by atoms with Crippen LogP contribution in [0.25, 0.3) is 0 Å². The molecule has 5 nitrogen and oxygen atoms in total. The minimum Gasteiger partial charge on any atom is -0.386 e. The highest BCUT2D eigenvalue weighted by atomic mass is 16.5. The van der Waals surface area contributed by atoms with Crippen LogP contribution in [0.3, 0.4) is 0 Å². The molecule has 0 radical (unpaired) electrons. The van der Waals surface area contributed by atoms with Gasteiger partial charge in [-0.25, -0.2) is 0 Å². The predicted octanol–water partition coefficient (Wildman–Crippen LogP) is 3.39. The molecule has 5 heteroatoms. The zero-order chi connectivity index (χ0) is 20.5. The molecule has 0 bridgehead atoms. The number of benzene rings is 1. The molecule has 1 heterocycles.